The van der Waals surface area contributed by atoms with Gasteiger partial charge in [0.05, 0.1) is 11.4 Å². The van der Waals surface area contributed by atoms with Crippen LogP contribution < -0.4 is 5.73 Å². The highest BCUT2D eigenvalue weighted by Crippen LogP contribution is 2.18. The van der Waals surface area contributed by atoms with Crippen LogP contribution in [0.1, 0.15) is 25.1 Å². The zero-order valence-corrected chi connectivity index (χ0v) is 13.5. The van der Waals surface area contributed by atoms with Crippen molar-refractivity contribution in [3.63, 3.8) is 0 Å². The second kappa shape index (κ2) is 6.41. The summed E-state index contributed by atoms with van der Waals surface area (Å²) in [6, 6.07) is 10.4. The smallest absolute Gasteiger partial charge is 0.0678 e. The highest BCUT2D eigenvalue weighted by atomic mass is 15.3. The van der Waals surface area contributed by atoms with Crippen molar-refractivity contribution in [2.24, 2.45) is 11.1 Å². The van der Waals surface area contributed by atoms with Gasteiger partial charge in [-0.2, -0.15) is 5.10 Å². The van der Waals surface area contributed by atoms with E-state index < -0.39 is 0 Å². The van der Waals surface area contributed by atoms with Crippen LogP contribution in [0.4, 0.5) is 0 Å². The zero-order valence-electron chi connectivity index (χ0n) is 13.5. The molecule has 1 aromatic heterocycles. The van der Waals surface area contributed by atoms with Crippen molar-refractivity contribution in [1.29, 1.82) is 0 Å². The molecule has 2 N–H and O–H groups in total. The summed E-state index contributed by atoms with van der Waals surface area (Å²) in [5, 5.41) is 4.48. The lowest BCUT2D eigenvalue weighted by Crippen LogP contribution is -2.36. The van der Waals surface area contributed by atoms with Crippen molar-refractivity contribution in [3.05, 3.63) is 47.8 Å². The molecule has 0 saturated carbocycles. The number of nitrogens with zero attached hydrogens (tertiary/aromatic N) is 3. The van der Waals surface area contributed by atoms with Gasteiger partial charge in [0, 0.05) is 19.3 Å². The van der Waals surface area contributed by atoms with Crippen molar-refractivity contribution < 1.29 is 0 Å². The Morgan fingerprint density at radius 3 is 2.62 bits per heavy atom. The molecule has 0 fully saturated rings. The van der Waals surface area contributed by atoms with Gasteiger partial charge in [-0.25, -0.2) is 4.68 Å². The summed E-state index contributed by atoms with van der Waals surface area (Å²) in [5.74, 6) is 0. The van der Waals surface area contributed by atoms with Crippen LogP contribution >= 0.6 is 0 Å². The molecule has 0 radical (unpaired) electrons. The number of nitrogens with two attached hydrogens (primary N) is 1. The van der Waals surface area contributed by atoms with E-state index in [-0.39, 0.29) is 5.41 Å². The molecular weight excluding hydrogens is 260 g/mol. The molecule has 0 unspecified atom stereocenters. The first-order valence-corrected chi connectivity index (χ1v) is 7.40. The Kier molecular flexibility index (Phi) is 4.80. The molecule has 1 heterocycles. The van der Waals surface area contributed by atoms with Crippen LogP contribution in [0.25, 0.3) is 5.69 Å². The van der Waals surface area contributed by atoms with Crippen LogP contribution in [0.2, 0.25) is 0 Å². The second-order valence-electron chi connectivity index (χ2n) is 6.56. The first kappa shape index (κ1) is 15.7. The SMILES string of the molecule is Cc1ccccc1-n1nccc1CN(C)CC(C)(C)CN. The van der Waals surface area contributed by atoms with Crippen LogP contribution in [-0.2, 0) is 6.54 Å². The lowest BCUT2D eigenvalue weighted by Gasteiger charge is -2.29. The van der Waals surface area contributed by atoms with Crippen molar-refractivity contribution in [2.45, 2.75) is 27.3 Å². The molecule has 4 heteroatoms. The van der Waals surface area contributed by atoms with Gasteiger partial charge in [0.25, 0.3) is 0 Å². The first-order valence-electron chi connectivity index (χ1n) is 7.40. The maximum absolute atomic E-state index is 5.82. The molecule has 1 aromatic carbocycles. The van der Waals surface area contributed by atoms with Crippen LogP contribution in [-0.4, -0.2) is 34.8 Å². The largest absolute Gasteiger partial charge is 0.330 e. The average molecular weight is 286 g/mol. The van der Waals surface area contributed by atoms with E-state index in [0.29, 0.717) is 6.54 Å². The second-order valence-corrected chi connectivity index (χ2v) is 6.56. The molecule has 0 spiro atoms. The van der Waals surface area contributed by atoms with E-state index in [1.807, 2.05) is 10.9 Å². The maximum Gasteiger partial charge on any atom is 0.0678 e. The maximum atomic E-state index is 5.82. The predicted molar refractivity (Wildman–Crippen MR) is 87.5 cm³/mol. The number of hydrogen-bond donors (Lipinski definition) is 1. The minimum absolute atomic E-state index is 0.127. The summed E-state index contributed by atoms with van der Waals surface area (Å²) in [6.07, 6.45) is 1.86. The fraction of sp³-hybridized carbons (Fsp3) is 0.471. The van der Waals surface area contributed by atoms with E-state index in [1.54, 1.807) is 0 Å². The molecule has 0 aliphatic carbocycles. The van der Waals surface area contributed by atoms with Gasteiger partial charge in [-0.3, -0.25) is 4.90 Å². The molecule has 0 atom stereocenters. The third kappa shape index (κ3) is 3.93. The standard InChI is InChI=1S/C17H26N4/c1-14-7-5-6-8-16(14)21-15(9-10-19-21)11-20(4)13-17(2,3)12-18/h5-10H,11-13,18H2,1-4H3. The predicted octanol–water partition coefficient (Wildman–Crippen LogP) is 2.60. The van der Waals surface area contributed by atoms with Gasteiger partial charge in [0.15, 0.2) is 0 Å². The normalized spacial score (nSPS) is 12.1. The number of aryl methyl sites for hydroxylation is 1. The van der Waals surface area contributed by atoms with Crippen molar-refractivity contribution >= 4 is 0 Å². The number of aromatic nitrogens is 2. The molecule has 2 aromatic rings. The molecule has 2 rings (SSSR count). The van der Waals surface area contributed by atoms with Crippen LogP contribution in [0.15, 0.2) is 36.5 Å². The molecule has 0 aliphatic heterocycles. The molecule has 0 bridgehead atoms. The third-order valence-electron chi connectivity index (χ3n) is 3.75. The van der Waals surface area contributed by atoms with E-state index >= 15 is 0 Å². The Hall–Kier alpha value is -1.65. The number of benzene rings is 1. The fourth-order valence-corrected chi connectivity index (χ4v) is 2.60. The van der Waals surface area contributed by atoms with Gasteiger partial charge in [-0.05, 0) is 43.6 Å². The van der Waals surface area contributed by atoms with Crippen LogP contribution in [0.3, 0.4) is 0 Å². The average Bonchev–Trinajstić information content (AvgIpc) is 2.86. The highest BCUT2D eigenvalue weighted by Gasteiger charge is 2.19. The van der Waals surface area contributed by atoms with E-state index in [4.69, 9.17) is 5.73 Å². The monoisotopic (exact) mass is 286 g/mol. The first-order chi connectivity index (χ1) is 9.93. The fourth-order valence-electron chi connectivity index (χ4n) is 2.60. The summed E-state index contributed by atoms with van der Waals surface area (Å²) < 4.78 is 2.03. The van der Waals surface area contributed by atoms with Gasteiger partial charge in [0.2, 0.25) is 0 Å². The Balaban J connectivity index is 2.16. The number of rotatable bonds is 6. The molecule has 4 nitrogen and oxygen atoms in total. The van der Waals surface area contributed by atoms with Gasteiger partial charge >= 0.3 is 0 Å². The molecule has 0 amide bonds. The highest BCUT2D eigenvalue weighted by molar-refractivity contribution is 5.40. The molecule has 0 saturated heterocycles. The van der Waals surface area contributed by atoms with E-state index in [1.165, 1.54) is 11.3 Å². The minimum atomic E-state index is 0.127. The summed E-state index contributed by atoms with van der Waals surface area (Å²) in [7, 11) is 2.13. The van der Waals surface area contributed by atoms with Gasteiger partial charge in [-0.15, -0.1) is 0 Å². The lowest BCUT2D eigenvalue weighted by molar-refractivity contribution is 0.207. The van der Waals surface area contributed by atoms with E-state index in [0.717, 1.165) is 18.8 Å². The van der Waals surface area contributed by atoms with E-state index in [2.05, 4.69) is 68.1 Å². The van der Waals surface area contributed by atoms with Crippen LogP contribution in [0.5, 0.6) is 0 Å². The van der Waals surface area contributed by atoms with E-state index in [9.17, 15) is 0 Å². The number of hydrogen-bond acceptors (Lipinski definition) is 3. The van der Waals surface area contributed by atoms with Gasteiger partial charge < -0.3 is 5.73 Å². The molecular formula is C17H26N4. The number of para-hydroxylation sites is 1. The van der Waals surface area contributed by atoms with Crippen LogP contribution in [0, 0.1) is 12.3 Å². The Labute approximate surface area is 127 Å². The summed E-state index contributed by atoms with van der Waals surface area (Å²) in [6.45, 7) is 9.01. The van der Waals surface area contributed by atoms with Crippen molar-refractivity contribution in [2.75, 3.05) is 20.1 Å². The minimum Gasteiger partial charge on any atom is -0.330 e. The van der Waals surface area contributed by atoms with Crippen molar-refractivity contribution in [3.8, 4) is 5.69 Å². The van der Waals surface area contributed by atoms with Gasteiger partial charge in [-0.1, -0.05) is 32.0 Å². The lowest BCUT2D eigenvalue weighted by atomic mass is 9.93. The quantitative estimate of drug-likeness (QED) is 0.888. The Morgan fingerprint density at radius 2 is 1.95 bits per heavy atom. The molecule has 21 heavy (non-hydrogen) atoms. The Bertz CT molecular complexity index is 586. The molecule has 0 aliphatic rings. The molecule has 114 valence electrons. The third-order valence-corrected chi connectivity index (χ3v) is 3.75. The summed E-state index contributed by atoms with van der Waals surface area (Å²) in [4.78, 5) is 2.30. The summed E-state index contributed by atoms with van der Waals surface area (Å²) >= 11 is 0. The van der Waals surface area contributed by atoms with Crippen molar-refractivity contribution in [1.82, 2.24) is 14.7 Å². The topological polar surface area (TPSA) is 47.1 Å². The summed E-state index contributed by atoms with van der Waals surface area (Å²) in [5.41, 5.74) is 9.52. The Morgan fingerprint density at radius 1 is 1.24 bits per heavy atom. The zero-order chi connectivity index (χ0) is 15.5. The van der Waals surface area contributed by atoms with Gasteiger partial charge in [0.1, 0.15) is 0 Å².